The van der Waals surface area contributed by atoms with Crippen LogP contribution in [0.3, 0.4) is 0 Å². The van der Waals surface area contributed by atoms with Crippen LogP contribution >= 0.6 is 0 Å². The van der Waals surface area contributed by atoms with Crippen LogP contribution in [0.5, 0.6) is 0 Å². The fourth-order valence-corrected chi connectivity index (χ4v) is 1.69. The van der Waals surface area contributed by atoms with E-state index in [4.69, 9.17) is 5.11 Å². The first-order chi connectivity index (χ1) is 9.03. The van der Waals surface area contributed by atoms with Crippen molar-refractivity contribution in [2.24, 2.45) is 0 Å². The number of carbonyl (C=O) groups is 2. The van der Waals surface area contributed by atoms with Gasteiger partial charge in [-0.05, 0) is 27.2 Å². The summed E-state index contributed by atoms with van der Waals surface area (Å²) >= 11 is 0. The summed E-state index contributed by atoms with van der Waals surface area (Å²) in [5.74, 6) is -0.973. The van der Waals surface area contributed by atoms with Crippen LogP contribution in [-0.4, -0.2) is 46.8 Å². The minimum Gasteiger partial charge on any atom is -0.481 e. The second-order valence-corrected chi connectivity index (χ2v) is 4.95. The van der Waals surface area contributed by atoms with E-state index in [-0.39, 0.29) is 25.4 Å². The molecule has 0 rings (SSSR count). The molecule has 0 aliphatic rings. The third-order valence-electron chi connectivity index (χ3n) is 2.58. The number of carboxylic acid groups (broad SMARTS) is 1. The molecule has 0 aromatic carbocycles. The van der Waals surface area contributed by atoms with Gasteiger partial charge in [-0.25, -0.2) is 4.79 Å². The molecule has 0 spiro atoms. The number of rotatable bonds is 7. The zero-order valence-corrected chi connectivity index (χ0v) is 11.8. The van der Waals surface area contributed by atoms with Gasteiger partial charge in [0.1, 0.15) is 0 Å². The van der Waals surface area contributed by atoms with E-state index in [0.29, 0.717) is 0 Å². The van der Waals surface area contributed by atoms with E-state index in [0.717, 1.165) is 0 Å². The number of nitrogens with one attached hydrogen (secondary N) is 1. The first-order valence-electron chi connectivity index (χ1n) is 6.38. The van der Waals surface area contributed by atoms with E-state index in [1.54, 1.807) is 13.8 Å². The number of carbonyl (C=O) groups excluding carboxylic acids is 1. The standard InChI is InChI=1S/C12H21F3N2O3/c1-8(2)17(6-4-5-10(18)19)11(20)16-9(3)7-12(13,14)15/h8-9H,4-7H2,1-3H3,(H,16,20)(H,18,19). The van der Waals surface area contributed by atoms with E-state index >= 15 is 0 Å². The molecular weight excluding hydrogens is 277 g/mol. The lowest BCUT2D eigenvalue weighted by molar-refractivity contribution is -0.139. The molecule has 0 aromatic heterocycles. The lowest BCUT2D eigenvalue weighted by atomic mass is 10.2. The maximum absolute atomic E-state index is 12.2. The summed E-state index contributed by atoms with van der Waals surface area (Å²) in [5, 5.41) is 10.8. The minimum absolute atomic E-state index is 0.0887. The molecule has 0 aliphatic heterocycles. The van der Waals surface area contributed by atoms with Gasteiger partial charge < -0.3 is 15.3 Å². The third-order valence-corrected chi connectivity index (χ3v) is 2.58. The minimum atomic E-state index is -4.33. The second kappa shape index (κ2) is 7.96. The van der Waals surface area contributed by atoms with Gasteiger partial charge in [-0.3, -0.25) is 4.79 Å². The molecule has 0 aromatic rings. The Bertz CT molecular complexity index is 332. The average Bonchev–Trinajstić information content (AvgIpc) is 2.19. The van der Waals surface area contributed by atoms with Crippen molar-refractivity contribution in [3.05, 3.63) is 0 Å². The molecule has 2 N–H and O–H groups in total. The maximum atomic E-state index is 12.2. The molecular formula is C12H21F3N2O3. The molecule has 118 valence electrons. The predicted octanol–water partition coefficient (Wildman–Crippen LogP) is 2.61. The van der Waals surface area contributed by atoms with E-state index in [2.05, 4.69) is 5.32 Å². The van der Waals surface area contributed by atoms with Crippen LogP contribution in [0, 0.1) is 0 Å². The topological polar surface area (TPSA) is 69.6 Å². The molecule has 0 aliphatic carbocycles. The van der Waals surface area contributed by atoms with Crippen LogP contribution in [0.15, 0.2) is 0 Å². The molecule has 0 heterocycles. The fourth-order valence-electron chi connectivity index (χ4n) is 1.69. The van der Waals surface area contributed by atoms with Crippen molar-refractivity contribution in [1.82, 2.24) is 10.2 Å². The molecule has 0 saturated heterocycles. The molecule has 20 heavy (non-hydrogen) atoms. The van der Waals surface area contributed by atoms with Crippen molar-refractivity contribution < 1.29 is 27.9 Å². The molecule has 1 atom stereocenters. The molecule has 0 radical (unpaired) electrons. The Kier molecular flexibility index (Phi) is 7.38. The van der Waals surface area contributed by atoms with Crippen molar-refractivity contribution in [2.75, 3.05) is 6.54 Å². The smallest absolute Gasteiger partial charge is 0.391 e. The molecule has 0 bridgehead atoms. The van der Waals surface area contributed by atoms with Crippen molar-refractivity contribution in [1.29, 1.82) is 0 Å². The van der Waals surface area contributed by atoms with E-state index in [1.807, 2.05) is 0 Å². The number of nitrogens with zero attached hydrogens (tertiary/aromatic N) is 1. The molecule has 2 amide bonds. The van der Waals surface area contributed by atoms with Gasteiger partial charge in [-0.2, -0.15) is 13.2 Å². The summed E-state index contributed by atoms with van der Waals surface area (Å²) < 4.78 is 36.5. The second-order valence-electron chi connectivity index (χ2n) is 4.95. The summed E-state index contributed by atoms with van der Waals surface area (Å²) in [5.41, 5.74) is 0. The Hall–Kier alpha value is -1.47. The van der Waals surface area contributed by atoms with Crippen LogP contribution in [0.25, 0.3) is 0 Å². The first-order valence-corrected chi connectivity index (χ1v) is 6.38. The Labute approximate surface area is 116 Å². The van der Waals surface area contributed by atoms with Gasteiger partial charge in [-0.1, -0.05) is 0 Å². The Morgan fingerprint density at radius 3 is 2.20 bits per heavy atom. The Morgan fingerprint density at radius 1 is 1.25 bits per heavy atom. The van der Waals surface area contributed by atoms with Crippen molar-refractivity contribution in [3.8, 4) is 0 Å². The third kappa shape index (κ3) is 8.60. The SMILES string of the molecule is CC(CC(F)(F)F)NC(=O)N(CCCC(=O)O)C(C)C. The monoisotopic (exact) mass is 298 g/mol. The molecule has 5 nitrogen and oxygen atoms in total. The number of hydrogen-bond acceptors (Lipinski definition) is 2. The zero-order valence-electron chi connectivity index (χ0n) is 11.8. The molecule has 8 heteroatoms. The van der Waals surface area contributed by atoms with E-state index in [1.165, 1.54) is 11.8 Å². The largest absolute Gasteiger partial charge is 0.481 e. The summed E-state index contributed by atoms with van der Waals surface area (Å²) in [6, 6.07) is -1.85. The van der Waals surface area contributed by atoms with Gasteiger partial charge in [0.2, 0.25) is 0 Å². The number of carboxylic acids is 1. The number of aliphatic carboxylic acids is 1. The predicted molar refractivity (Wildman–Crippen MR) is 67.4 cm³/mol. The number of amides is 2. The molecule has 0 fully saturated rings. The van der Waals surface area contributed by atoms with Gasteiger partial charge in [0.05, 0.1) is 6.42 Å². The van der Waals surface area contributed by atoms with Crippen LogP contribution in [-0.2, 0) is 4.79 Å². The number of hydrogen-bond donors (Lipinski definition) is 2. The van der Waals surface area contributed by atoms with Gasteiger partial charge in [0.15, 0.2) is 0 Å². The highest BCUT2D eigenvalue weighted by atomic mass is 19.4. The van der Waals surface area contributed by atoms with Gasteiger partial charge >= 0.3 is 18.2 Å². The van der Waals surface area contributed by atoms with Gasteiger partial charge in [0, 0.05) is 25.0 Å². The van der Waals surface area contributed by atoms with Crippen LogP contribution in [0.2, 0.25) is 0 Å². The van der Waals surface area contributed by atoms with Crippen LogP contribution < -0.4 is 5.32 Å². The lowest BCUT2D eigenvalue weighted by Crippen LogP contribution is -2.48. The van der Waals surface area contributed by atoms with Crippen molar-refractivity contribution in [3.63, 3.8) is 0 Å². The molecule has 1 unspecified atom stereocenters. The highest BCUT2D eigenvalue weighted by molar-refractivity contribution is 5.75. The highest BCUT2D eigenvalue weighted by Gasteiger charge is 2.31. The number of alkyl halides is 3. The van der Waals surface area contributed by atoms with Crippen LogP contribution in [0.1, 0.15) is 40.0 Å². The summed E-state index contributed by atoms with van der Waals surface area (Å²) in [6.45, 7) is 4.90. The summed E-state index contributed by atoms with van der Waals surface area (Å²) in [4.78, 5) is 23.6. The Balaban J connectivity index is 4.39. The zero-order chi connectivity index (χ0) is 15.9. The molecule has 0 saturated carbocycles. The summed E-state index contributed by atoms with van der Waals surface area (Å²) in [6.07, 6.45) is -5.26. The summed E-state index contributed by atoms with van der Waals surface area (Å²) in [7, 11) is 0. The maximum Gasteiger partial charge on any atom is 0.391 e. The average molecular weight is 298 g/mol. The van der Waals surface area contributed by atoms with Gasteiger partial charge in [0.25, 0.3) is 0 Å². The van der Waals surface area contributed by atoms with Crippen molar-refractivity contribution in [2.45, 2.75) is 58.3 Å². The van der Waals surface area contributed by atoms with Gasteiger partial charge in [-0.15, -0.1) is 0 Å². The Morgan fingerprint density at radius 2 is 1.80 bits per heavy atom. The highest BCUT2D eigenvalue weighted by Crippen LogP contribution is 2.21. The lowest BCUT2D eigenvalue weighted by Gasteiger charge is -2.28. The van der Waals surface area contributed by atoms with Crippen molar-refractivity contribution >= 4 is 12.0 Å². The van der Waals surface area contributed by atoms with E-state index in [9.17, 15) is 22.8 Å². The fraction of sp³-hybridized carbons (Fsp3) is 0.833. The first kappa shape index (κ1) is 18.5. The number of halogens is 3. The quantitative estimate of drug-likeness (QED) is 0.759. The van der Waals surface area contributed by atoms with E-state index < -0.39 is 30.6 Å². The normalized spacial score (nSPS) is 13.2. The number of urea groups is 1. The van der Waals surface area contributed by atoms with Crippen LogP contribution in [0.4, 0.5) is 18.0 Å².